The van der Waals surface area contributed by atoms with Crippen molar-refractivity contribution < 1.29 is 19.5 Å². The molecule has 1 aromatic carbocycles. The number of rotatable bonds is 3. The second-order valence-electron chi connectivity index (χ2n) is 7.27. The van der Waals surface area contributed by atoms with Gasteiger partial charge in [-0.1, -0.05) is 38.1 Å². The number of nitrogens with one attached hydrogen (secondary N) is 1. The number of hydrogen-bond donors (Lipinski definition) is 2. The van der Waals surface area contributed by atoms with Gasteiger partial charge in [-0.2, -0.15) is 0 Å². The fourth-order valence-corrected chi connectivity index (χ4v) is 3.89. The van der Waals surface area contributed by atoms with Gasteiger partial charge in [-0.15, -0.1) is 0 Å². The van der Waals surface area contributed by atoms with Crippen LogP contribution in [0.4, 0.5) is 0 Å². The van der Waals surface area contributed by atoms with Crippen LogP contribution in [-0.2, 0) is 14.4 Å². The van der Waals surface area contributed by atoms with Crippen molar-refractivity contribution in [2.45, 2.75) is 51.0 Å². The van der Waals surface area contributed by atoms with Gasteiger partial charge in [0.15, 0.2) is 0 Å². The van der Waals surface area contributed by atoms with Crippen LogP contribution >= 0.6 is 0 Å². The molecular weight excluding hydrogens is 306 g/mol. The molecule has 4 unspecified atom stereocenters. The van der Waals surface area contributed by atoms with Gasteiger partial charge in [0.2, 0.25) is 5.91 Å². The molecule has 1 heterocycles. The normalized spacial score (nSPS) is 30.0. The van der Waals surface area contributed by atoms with Gasteiger partial charge >= 0.3 is 5.97 Å². The van der Waals surface area contributed by atoms with Crippen molar-refractivity contribution in [2.75, 3.05) is 0 Å². The van der Waals surface area contributed by atoms with E-state index in [1.54, 1.807) is 0 Å². The Labute approximate surface area is 141 Å². The van der Waals surface area contributed by atoms with E-state index in [-0.39, 0.29) is 30.1 Å². The number of Topliss-reactive ketones (excluding diaryl/α,β-unsaturated/α-hetero) is 1. The molecule has 5 nitrogen and oxygen atoms in total. The lowest BCUT2D eigenvalue weighted by molar-refractivity contribution is -0.151. The predicted molar refractivity (Wildman–Crippen MR) is 88.7 cm³/mol. The summed E-state index contributed by atoms with van der Waals surface area (Å²) in [6.45, 7) is 4.28. The fraction of sp³-hybridized carbons (Fsp3) is 0.526. The second-order valence-corrected chi connectivity index (χ2v) is 7.27. The van der Waals surface area contributed by atoms with Crippen LogP contribution in [0, 0.1) is 11.8 Å². The lowest BCUT2D eigenvalue weighted by atomic mass is 9.69. The van der Waals surface area contributed by atoms with Gasteiger partial charge in [0.25, 0.3) is 0 Å². The summed E-state index contributed by atoms with van der Waals surface area (Å²) in [7, 11) is 0. The minimum atomic E-state index is -1.15. The Bertz CT molecular complexity index is 664. The van der Waals surface area contributed by atoms with Crippen molar-refractivity contribution in [2.24, 2.45) is 11.8 Å². The van der Waals surface area contributed by atoms with Crippen LogP contribution in [0.15, 0.2) is 24.3 Å². The zero-order valence-electron chi connectivity index (χ0n) is 14.0. The molecule has 1 saturated heterocycles. The molecule has 1 aliphatic carbocycles. The van der Waals surface area contributed by atoms with Crippen LogP contribution in [0.25, 0.3) is 0 Å². The van der Waals surface area contributed by atoms with E-state index < -0.39 is 17.8 Å². The Balaban J connectivity index is 1.76. The number of carbonyl (C=O) groups excluding carboxylic acids is 2. The molecule has 4 atom stereocenters. The number of ketones is 1. The average molecular weight is 329 g/mol. The second kappa shape index (κ2) is 6.38. The highest BCUT2D eigenvalue weighted by Crippen LogP contribution is 2.39. The van der Waals surface area contributed by atoms with Crippen molar-refractivity contribution >= 4 is 17.7 Å². The summed E-state index contributed by atoms with van der Waals surface area (Å²) in [5.41, 5.74) is 2.37. The Morgan fingerprint density at radius 3 is 2.42 bits per heavy atom. The molecule has 2 fully saturated rings. The number of carbonyl (C=O) groups is 3. The molecule has 0 radical (unpaired) electrons. The van der Waals surface area contributed by atoms with Crippen LogP contribution in [0.5, 0.6) is 0 Å². The monoisotopic (exact) mass is 329 g/mol. The highest BCUT2D eigenvalue weighted by molar-refractivity contribution is 5.99. The summed E-state index contributed by atoms with van der Waals surface area (Å²) in [5.74, 6) is -2.47. The third-order valence-corrected chi connectivity index (χ3v) is 5.39. The molecule has 2 aliphatic rings. The van der Waals surface area contributed by atoms with E-state index in [2.05, 4.69) is 43.4 Å². The minimum Gasteiger partial charge on any atom is -0.481 e. The van der Waals surface area contributed by atoms with Crippen molar-refractivity contribution in [1.82, 2.24) is 5.32 Å². The van der Waals surface area contributed by atoms with E-state index in [4.69, 9.17) is 5.11 Å². The van der Waals surface area contributed by atoms with Crippen LogP contribution < -0.4 is 5.32 Å². The number of carboxylic acids is 1. The molecule has 0 aromatic heterocycles. The first-order valence-corrected chi connectivity index (χ1v) is 8.52. The summed E-state index contributed by atoms with van der Waals surface area (Å²) in [6, 6.07) is 8.08. The fourth-order valence-electron chi connectivity index (χ4n) is 3.89. The molecule has 2 N–H and O–H groups in total. The lowest BCUT2D eigenvalue weighted by Gasteiger charge is -2.40. The Morgan fingerprint density at radius 1 is 1.17 bits per heavy atom. The molecule has 5 heteroatoms. The Morgan fingerprint density at radius 2 is 1.83 bits per heavy atom. The quantitative estimate of drug-likeness (QED) is 0.835. The molecule has 3 rings (SSSR count). The third-order valence-electron chi connectivity index (χ3n) is 5.39. The van der Waals surface area contributed by atoms with Gasteiger partial charge in [-0.25, -0.2) is 0 Å². The van der Waals surface area contributed by atoms with Crippen molar-refractivity contribution in [1.29, 1.82) is 0 Å². The molecule has 0 spiro atoms. The number of amides is 1. The summed E-state index contributed by atoms with van der Waals surface area (Å²) >= 11 is 0. The van der Waals surface area contributed by atoms with Gasteiger partial charge in [-0.3, -0.25) is 14.4 Å². The SMILES string of the molecule is CC(C)c1ccc(C2CC(=O)C3CC(C(=O)O)C(=O)NC3C2)cc1. The van der Waals surface area contributed by atoms with Gasteiger partial charge in [-0.05, 0) is 35.8 Å². The van der Waals surface area contributed by atoms with E-state index in [9.17, 15) is 14.4 Å². The maximum atomic E-state index is 12.5. The number of piperidine rings is 1. The molecular formula is C19H23NO4. The topological polar surface area (TPSA) is 83.5 Å². The zero-order chi connectivity index (χ0) is 17.4. The molecule has 1 aliphatic heterocycles. The first kappa shape index (κ1) is 16.7. The molecule has 24 heavy (non-hydrogen) atoms. The van der Waals surface area contributed by atoms with E-state index in [0.717, 1.165) is 5.56 Å². The summed E-state index contributed by atoms with van der Waals surface area (Å²) in [6.07, 6.45) is 1.24. The summed E-state index contributed by atoms with van der Waals surface area (Å²) < 4.78 is 0. The molecule has 1 aromatic rings. The lowest BCUT2D eigenvalue weighted by Crippen LogP contribution is -2.56. The number of carboxylic acid groups (broad SMARTS) is 1. The van der Waals surface area contributed by atoms with Gasteiger partial charge in [0.1, 0.15) is 11.7 Å². The number of benzene rings is 1. The van der Waals surface area contributed by atoms with Crippen LogP contribution in [0.1, 0.15) is 56.1 Å². The van der Waals surface area contributed by atoms with E-state index in [1.165, 1.54) is 5.56 Å². The van der Waals surface area contributed by atoms with Gasteiger partial charge in [0, 0.05) is 18.4 Å². The summed E-state index contributed by atoms with van der Waals surface area (Å²) in [4.78, 5) is 35.6. The van der Waals surface area contributed by atoms with E-state index in [1.807, 2.05) is 0 Å². The van der Waals surface area contributed by atoms with Crippen LogP contribution in [-0.4, -0.2) is 28.8 Å². The van der Waals surface area contributed by atoms with Crippen LogP contribution in [0.3, 0.4) is 0 Å². The van der Waals surface area contributed by atoms with Gasteiger partial charge < -0.3 is 10.4 Å². The zero-order valence-corrected chi connectivity index (χ0v) is 14.0. The van der Waals surface area contributed by atoms with E-state index >= 15 is 0 Å². The smallest absolute Gasteiger partial charge is 0.316 e. The number of fused-ring (bicyclic) bond motifs is 1. The maximum Gasteiger partial charge on any atom is 0.316 e. The van der Waals surface area contributed by atoms with Crippen LogP contribution in [0.2, 0.25) is 0 Å². The van der Waals surface area contributed by atoms with Crippen molar-refractivity contribution in [3.8, 4) is 0 Å². The number of aliphatic carboxylic acids is 1. The average Bonchev–Trinajstić information content (AvgIpc) is 2.53. The standard InChI is InChI=1S/C19H23NO4/c1-10(2)11-3-5-12(6-4-11)13-7-16-14(17(21)8-13)9-15(19(23)24)18(22)20-16/h3-6,10,13-16H,7-9H2,1-2H3,(H,20,22)(H,23,24). The first-order chi connectivity index (χ1) is 11.4. The van der Waals surface area contributed by atoms with Crippen molar-refractivity contribution in [3.63, 3.8) is 0 Å². The third kappa shape index (κ3) is 3.07. The van der Waals surface area contributed by atoms with E-state index in [0.29, 0.717) is 18.8 Å². The largest absolute Gasteiger partial charge is 0.481 e. The summed E-state index contributed by atoms with van der Waals surface area (Å²) in [5, 5.41) is 11.9. The van der Waals surface area contributed by atoms with Crippen molar-refractivity contribution in [3.05, 3.63) is 35.4 Å². The molecule has 0 bridgehead atoms. The Kier molecular flexibility index (Phi) is 4.43. The molecule has 1 amide bonds. The van der Waals surface area contributed by atoms with Gasteiger partial charge in [0.05, 0.1) is 0 Å². The minimum absolute atomic E-state index is 0.0652. The maximum absolute atomic E-state index is 12.5. The first-order valence-electron chi connectivity index (χ1n) is 8.52. The Hall–Kier alpha value is -2.17. The predicted octanol–water partition coefficient (Wildman–Crippen LogP) is 2.46. The highest BCUT2D eigenvalue weighted by atomic mass is 16.4. The molecule has 128 valence electrons. The molecule has 1 saturated carbocycles. The number of hydrogen-bond acceptors (Lipinski definition) is 3. The highest BCUT2D eigenvalue weighted by Gasteiger charge is 2.46.